The van der Waals surface area contributed by atoms with Gasteiger partial charge in [-0.25, -0.2) is 0 Å². The second-order valence-corrected chi connectivity index (χ2v) is 6.08. The van der Waals surface area contributed by atoms with E-state index < -0.39 is 0 Å². The summed E-state index contributed by atoms with van der Waals surface area (Å²) in [6, 6.07) is 5.59. The zero-order chi connectivity index (χ0) is 15.0. The number of unbranched alkanes of at least 4 members (excludes halogenated alkanes) is 3. The van der Waals surface area contributed by atoms with Crippen LogP contribution in [0.3, 0.4) is 0 Å². The molecule has 0 heterocycles. The van der Waals surface area contributed by atoms with Crippen molar-refractivity contribution < 1.29 is 4.92 Å². The van der Waals surface area contributed by atoms with E-state index in [0.717, 1.165) is 16.5 Å². The Morgan fingerprint density at radius 3 is 2.75 bits per heavy atom. The van der Waals surface area contributed by atoms with Gasteiger partial charge < -0.3 is 5.32 Å². The van der Waals surface area contributed by atoms with Crippen LogP contribution in [0, 0.1) is 10.1 Å². The number of hydrogen-bond acceptors (Lipinski definition) is 3. The van der Waals surface area contributed by atoms with Crippen molar-refractivity contribution in [1.82, 2.24) is 5.32 Å². The van der Waals surface area contributed by atoms with Crippen LogP contribution in [0.25, 0.3) is 0 Å². The van der Waals surface area contributed by atoms with Crippen LogP contribution in [0.5, 0.6) is 0 Å². The van der Waals surface area contributed by atoms with Crippen molar-refractivity contribution in [1.29, 1.82) is 0 Å². The summed E-state index contributed by atoms with van der Waals surface area (Å²) >= 11 is 3.27. The fraction of sp³-hybridized carbons (Fsp3) is 0.600. The molecule has 0 aromatic heterocycles. The van der Waals surface area contributed by atoms with E-state index in [9.17, 15) is 10.1 Å². The molecular weight excluding hydrogens is 320 g/mol. The highest BCUT2D eigenvalue weighted by molar-refractivity contribution is 9.10. The van der Waals surface area contributed by atoms with Crippen LogP contribution in [0.4, 0.5) is 5.69 Å². The van der Waals surface area contributed by atoms with E-state index in [1.807, 2.05) is 6.07 Å². The smallest absolute Gasteiger partial charge is 0.275 e. The Balaban J connectivity index is 2.46. The van der Waals surface area contributed by atoms with E-state index in [2.05, 4.69) is 35.1 Å². The largest absolute Gasteiger partial charge is 0.310 e. The first-order valence-electron chi connectivity index (χ1n) is 7.20. The summed E-state index contributed by atoms with van der Waals surface area (Å²) in [5, 5.41) is 14.4. The van der Waals surface area contributed by atoms with Gasteiger partial charge in [-0.1, -0.05) is 48.5 Å². The van der Waals surface area contributed by atoms with Gasteiger partial charge in [-0.2, -0.15) is 0 Å². The molecule has 0 aliphatic rings. The molecule has 1 rings (SSSR count). The third-order valence-corrected chi connectivity index (χ3v) is 3.87. The molecule has 1 unspecified atom stereocenters. The lowest BCUT2D eigenvalue weighted by Crippen LogP contribution is -2.25. The van der Waals surface area contributed by atoms with E-state index in [-0.39, 0.29) is 10.6 Å². The molecule has 1 N–H and O–H groups in total. The van der Waals surface area contributed by atoms with Crippen molar-refractivity contribution in [3.63, 3.8) is 0 Å². The van der Waals surface area contributed by atoms with Crippen molar-refractivity contribution in [3.8, 4) is 0 Å². The van der Waals surface area contributed by atoms with Crippen molar-refractivity contribution in [3.05, 3.63) is 38.3 Å². The van der Waals surface area contributed by atoms with Crippen LogP contribution in [0.15, 0.2) is 22.7 Å². The van der Waals surface area contributed by atoms with E-state index in [1.54, 1.807) is 12.1 Å². The molecule has 5 heteroatoms. The SMILES string of the molecule is CCCCCCC(C)NCc1ccc(Br)cc1[N+](=O)[O-]. The van der Waals surface area contributed by atoms with E-state index in [0.29, 0.717) is 12.6 Å². The Morgan fingerprint density at radius 2 is 2.10 bits per heavy atom. The highest BCUT2D eigenvalue weighted by Crippen LogP contribution is 2.23. The molecular formula is C15H23BrN2O2. The number of nitrogens with zero attached hydrogens (tertiary/aromatic N) is 1. The van der Waals surface area contributed by atoms with Gasteiger partial charge in [-0.05, 0) is 25.5 Å². The van der Waals surface area contributed by atoms with Crippen molar-refractivity contribution in [2.24, 2.45) is 0 Å². The van der Waals surface area contributed by atoms with Gasteiger partial charge in [-0.15, -0.1) is 0 Å². The minimum absolute atomic E-state index is 0.171. The molecule has 1 aromatic rings. The van der Waals surface area contributed by atoms with Crippen molar-refractivity contribution in [2.75, 3.05) is 0 Å². The molecule has 20 heavy (non-hydrogen) atoms. The predicted molar refractivity (Wildman–Crippen MR) is 85.9 cm³/mol. The fourth-order valence-electron chi connectivity index (χ4n) is 2.12. The highest BCUT2D eigenvalue weighted by atomic mass is 79.9. The summed E-state index contributed by atoms with van der Waals surface area (Å²) in [6.07, 6.45) is 6.12. The number of nitro benzene ring substituents is 1. The van der Waals surface area contributed by atoms with Crippen LogP contribution in [0.1, 0.15) is 51.5 Å². The molecule has 4 nitrogen and oxygen atoms in total. The summed E-state index contributed by atoms with van der Waals surface area (Å²) in [4.78, 5) is 10.7. The average Bonchev–Trinajstić information content (AvgIpc) is 2.42. The molecule has 0 radical (unpaired) electrons. The van der Waals surface area contributed by atoms with Gasteiger partial charge in [0.05, 0.1) is 4.92 Å². The molecule has 112 valence electrons. The van der Waals surface area contributed by atoms with Gasteiger partial charge in [0.25, 0.3) is 5.69 Å². The Bertz CT molecular complexity index is 438. The lowest BCUT2D eigenvalue weighted by molar-refractivity contribution is -0.385. The number of nitrogens with one attached hydrogen (secondary N) is 1. The van der Waals surface area contributed by atoms with Crippen LogP contribution in [-0.4, -0.2) is 11.0 Å². The number of nitro groups is 1. The summed E-state index contributed by atoms with van der Waals surface area (Å²) in [6.45, 7) is 4.88. The Hall–Kier alpha value is -0.940. The lowest BCUT2D eigenvalue weighted by Gasteiger charge is -2.13. The predicted octanol–water partition coefficient (Wildman–Crippen LogP) is 4.81. The summed E-state index contributed by atoms with van der Waals surface area (Å²) < 4.78 is 0.737. The summed E-state index contributed by atoms with van der Waals surface area (Å²) in [5.74, 6) is 0. The van der Waals surface area contributed by atoms with Crippen LogP contribution in [-0.2, 0) is 6.54 Å². The fourth-order valence-corrected chi connectivity index (χ4v) is 2.47. The molecule has 0 saturated carbocycles. The quantitative estimate of drug-likeness (QED) is 0.398. The summed E-state index contributed by atoms with van der Waals surface area (Å²) in [7, 11) is 0. The minimum atomic E-state index is -0.326. The Kier molecular flexibility index (Phi) is 7.77. The first-order valence-corrected chi connectivity index (χ1v) is 8.00. The number of halogens is 1. The summed E-state index contributed by atoms with van der Waals surface area (Å²) in [5.41, 5.74) is 0.906. The molecule has 1 aromatic carbocycles. The van der Waals surface area contributed by atoms with E-state index in [1.165, 1.54) is 25.7 Å². The van der Waals surface area contributed by atoms with Gasteiger partial charge in [0, 0.05) is 28.7 Å². The van der Waals surface area contributed by atoms with Crippen molar-refractivity contribution >= 4 is 21.6 Å². The van der Waals surface area contributed by atoms with Crippen LogP contribution < -0.4 is 5.32 Å². The third-order valence-electron chi connectivity index (χ3n) is 3.38. The molecule has 1 atom stereocenters. The van der Waals surface area contributed by atoms with Gasteiger partial charge >= 0.3 is 0 Å². The molecule has 0 spiro atoms. The molecule has 0 saturated heterocycles. The van der Waals surface area contributed by atoms with Crippen molar-refractivity contribution in [2.45, 2.75) is 58.5 Å². The molecule has 0 aliphatic carbocycles. The van der Waals surface area contributed by atoms with Gasteiger partial charge in [0.15, 0.2) is 0 Å². The van der Waals surface area contributed by atoms with Gasteiger partial charge in [-0.3, -0.25) is 10.1 Å². The normalized spacial score (nSPS) is 12.3. The van der Waals surface area contributed by atoms with E-state index in [4.69, 9.17) is 0 Å². The average molecular weight is 343 g/mol. The Morgan fingerprint density at radius 1 is 1.35 bits per heavy atom. The monoisotopic (exact) mass is 342 g/mol. The molecule has 0 fully saturated rings. The second kappa shape index (κ2) is 9.08. The zero-order valence-electron chi connectivity index (χ0n) is 12.2. The minimum Gasteiger partial charge on any atom is -0.310 e. The highest BCUT2D eigenvalue weighted by Gasteiger charge is 2.14. The first-order chi connectivity index (χ1) is 9.54. The van der Waals surface area contributed by atoms with Gasteiger partial charge in [0.2, 0.25) is 0 Å². The Labute approximate surface area is 129 Å². The number of rotatable bonds is 9. The molecule has 0 aliphatic heterocycles. The van der Waals surface area contributed by atoms with Crippen LogP contribution >= 0.6 is 15.9 Å². The number of hydrogen-bond donors (Lipinski definition) is 1. The maximum Gasteiger partial charge on any atom is 0.275 e. The maximum atomic E-state index is 11.0. The maximum absolute atomic E-state index is 11.0. The second-order valence-electron chi connectivity index (χ2n) is 5.16. The third kappa shape index (κ3) is 6.01. The molecule has 0 amide bonds. The molecule has 0 bridgehead atoms. The zero-order valence-corrected chi connectivity index (χ0v) is 13.8. The topological polar surface area (TPSA) is 55.2 Å². The standard InChI is InChI=1S/C15H23BrN2O2/c1-3-4-5-6-7-12(2)17-11-13-8-9-14(16)10-15(13)18(19)20/h8-10,12,17H,3-7,11H2,1-2H3. The lowest BCUT2D eigenvalue weighted by atomic mass is 10.1. The number of benzene rings is 1. The van der Waals surface area contributed by atoms with Crippen LogP contribution in [0.2, 0.25) is 0 Å². The van der Waals surface area contributed by atoms with Gasteiger partial charge in [0.1, 0.15) is 0 Å². The first kappa shape index (κ1) is 17.1. The van der Waals surface area contributed by atoms with E-state index >= 15 is 0 Å².